The standard InChI is InChI=1S/C15H26N2/c1-3-4-5-6-11-17-12-7-10-16-15(2,13-17)14-8-9-14/h1,14,16H,4-13H2,2H3. The molecule has 0 radical (unpaired) electrons. The molecule has 2 nitrogen and oxygen atoms in total. The van der Waals surface area contributed by atoms with E-state index >= 15 is 0 Å². The van der Waals surface area contributed by atoms with Crippen LogP contribution in [0.1, 0.15) is 45.4 Å². The number of terminal acetylenes is 1. The largest absolute Gasteiger partial charge is 0.310 e. The molecule has 1 aliphatic heterocycles. The molecule has 1 unspecified atom stereocenters. The Bertz CT molecular complexity index is 277. The minimum absolute atomic E-state index is 0.378. The molecule has 1 saturated carbocycles. The normalized spacial score (nSPS) is 30.8. The van der Waals surface area contributed by atoms with Crippen molar-refractivity contribution in [1.82, 2.24) is 10.2 Å². The van der Waals surface area contributed by atoms with Crippen LogP contribution in [0.15, 0.2) is 0 Å². The highest BCUT2D eigenvalue weighted by molar-refractivity contribution is 5.00. The van der Waals surface area contributed by atoms with Gasteiger partial charge in [0.15, 0.2) is 0 Å². The van der Waals surface area contributed by atoms with Gasteiger partial charge in [0.2, 0.25) is 0 Å². The fourth-order valence-corrected chi connectivity index (χ4v) is 3.02. The molecule has 1 atom stereocenters. The highest BCUT2D eigenvalue weighted by atomic mass is 15.2. The zero-order valence-corrected chi connectivity index (χ0v) is 11.2. The molecule has 0 aromatic heterocycles. The van der Waals surface area contributed by atoms with Gasteiger partial charge in [-0.25, -0.2) is 0 Å². The van der Waals surface area contributed by atoms with E-state index in [1.807, 2.05) is 0 Å². The summed E-state index contributed by atoms with van der Waals surface area (Å²) in [5, 5.41) is 3.78. The fraction of sp³-hybridized carbons (Fsp3) is 0.867. The van der Waals surface area contributed by atoms with Crippen molar-refractivity contribution in [3.05, 3.63) is 0 Å². The third kappa shape index (κ3) is 3.72. The maximum Gasteiger partial charge on any atom is 0.0308 e. The van der Waals surface area contributed by atoms with Gasteiger partial charge < -0.3 is 10.2 Å². The summed E-state index contributed by atoms with van der Waals surface area (Å²) >= 11 is 0. The van der Waals surface area contributed by atoms with Gasteiger partial charge in [-0.2, -0.15) is 0 Å². The van der Waals surface area contributed by atoms with E-state index in [9.17, 15) is 0 Å². The van der Waals surface area contributed by atoms with Crippen LogP contribution in [0.4, 0.5) is 0 Å². The molecule has 0 bridgehead atoms. The van der Waals surface area contributed by atoms with Crippen LogP contribution in [0.25, 0.3) is 0 Å². The van der Waals surface area contributed by atoms with E-state index in [4.69, 9.17) is 6.42 Å². The molecule has 2 fully saturated rings. The summed E-state index contributed by atoms with van der Waals surface area (Å²) in [6.07, 6.45) is 12.8. The zero-order valence-electron chi connectivity index (χ0n) is 11.2. The molecule has 96 valence electrons. The molecule has 0 aromatic rings. The van der Waals surface area contributed by atoms with Crippen LogP contribution in [0.3, 0.4) is 0 Å². The van der Waals surface area contributed by atoms with Gasteiger partial charge in [0.25, 0.3) is 0 Å². The van der Waals surface area contributed by atoms with E-state index in [-0.39, 0.29) is 0 Å². The minimum Gasteiger partial charge on any atom is -0.310 e. The Balaban J connectivity index is 1.78. The van der Waals surface area contributed by atoms with E-state index in [1.165, 1.54) is 58.3 Å². The molecule has 2 heteroatoms. The smallest absolute Gasteiger partial charge is 0.0308 e. The van der Waals surface area contributed by atoms with Crippen molar-refractivity contribution in [2.45, 2.75) is 51.0 Å². The first kappa shape index (κ1) is 12.9. The summed E-state index contributed by atoms with van der Waals surface area (Å²) in [4.78, 5) is 2.65. The third-order valence-electron chi connectivity index (χ3n) is 4.26. The van der Waals surface area contributed by atoms with E-state index in [0.29, 0.717) is 5.54 Å². The van der Waals surface area contributed by atoms with Crippen molar-refractivity contribution in [2.75, 3.05) is 26.2 Å². The second-order valence-electron chi connectivity index (χ2n) is 5.91. The Hall–Kier alpha value is -0.520. The van der Waals surface area contributed by atoms with Crippen molar-refractivity contribution >= 4 is 0 Å². The van der Waals surface area contributed by atoms with Crippen LogP contribution >= 0.6 is 0 Å². The second kappa shape index (κ2) is 5.89. The first-order valence-corrected chi connectivity index (χ1v) is 7.15. The number of rotatable bonds is 5. The Morgan fingerprint density at radius 3 is 2.94 bits per heavy atom. The zero-order chi connectivity index (χ0) is 12.1. The summed E-state index contributed by atoms with van der Waals surface area (Å²) in [5.74, 6) is 3.66. The number of nitrogens with zero attached hydrogens (tertiary/aromatic N) is 1. The summed E-state index contributed by atoms with van der Waals surface area (Å²) in [6.45, 7) is 7.32. The summed E-state index contributed by atoms with van der Waals surface area (Å²) in [6, 6.07) is 0. The number of nitrogens with one attached hydrogen (secondary N) is 1. The summed E-state index contributed by atoms with van der Waals surface area (Å²) in [5.41, 5.74) is 0.378. The van der Waals surface area contributed by atoms with Gasteiger partial charge in [-0.3, -0.25) is 0 Å². The van der Waals surface area contributed by atoms with E-state index < -0.39 is 0 Å². The van der Waals surface area contributed by atoms with Crippen molar-refractivity contribution < 1.29 is 0 Å². The summed E-state index contributed by atoms with van der Waals surface area (Å²) < 4.78 is 0. The van der Waals surface area contributed by atoms with Gasteiger partial charge in [-0.15, -0.1) is 12.3 Å². The van der Waals surface area contributed by atoms with Crippen LogP contribution < -0.4 is 5.32 Å². The molecule has 2 rings (SSSR count). The first-order valence-electron chi connectivity index (χ1n) is 7.15. The van der Waals surface area contributed by atoms with Crippen LogP contribution in [0.2, 0.25) is 0 Å². The molecule has 1 aliphatic carbocycles. The van der Waals surface area contributed by atoms with E-state index in [2.05, 4.69) is 23.1 Å². The Labute approximate surface area is 106 Å². The quantitative estimate of drug-likeness (QED) is 0.580. The summed E-state index contributed by atoms with van der Waals surface area (Å²) in [7, 11) is 0. The maximum absolute atomic E-state index is 5.29. The Kier molecular flexibility index (Phi) is 4.48. The molecular weight excluding hydrogens is 208 g/mol. The number of hydrogen-bond acceptors (Lipinski definition) is 2. The van der Waals surface area contributed by atoms with E-state index in [1.54, 1.807) is 0 Å². The van der Waals surface area contributed by atoms with Gasteiger partial charge in [-0.05, 0) is 64.6 Å². The molecule has 0 aromatic carbocycles. The lowest BCUT2D eigenvalue weighted by Gasteiger charge is -2.34. The van der Waals surface area contributed by atoms with Crippen LogP contribution in [-0.4, -0.2) is 36.6 Å². The topological polar surface area (TPSA) is 15.3 Å². The Morgan fingerprint density at radius 1 is 1.41 bits per heavy atom. The van der Waals surface area contributed by atoms with Crippen LogP contribution in [-0.2, 0) is 0 Å². The Morgan fingerprint density at radius 2 is 2.24 bits per heavy atom. The molecule has 1 heterocycles. The number of hydrogen-bond donors (Lipinski definition) is 1. The first-order chi connectivity index (χ1) is 8.24. The predicted octanol–water partition coefficient (Wildman–Crippen LogP) is 2.25. The lowest BCUT2D eigenvalue weighted by atomic mass is 9.95. The third-order valence-corrected chi connectivity index (χ3v) is 4.26. The molecule has 2 aliphatic rings. The predicted molar refractivity (Wildman–Crippen MR) is 72.9 cm³/mol. The lowest BCUT2D eigenvalue weighted by Crippen LogP contribution is -2.51. The number of unbranched alkanes of at least 4 members (excludes halogenated alkanes) is 2. The van der Waals surface area contributed by atoms with Crippen molar-refractivity contribution in [2.24, 2.45) is 5.92 Å². The van der Waals surface area contributed by atoms with Gasteiger partial charge >= 0.3 is 0 Å². The van der Waals surface area contributed by atoms with Crippen molar-refractivity contribution in [3.8, 4) is 12.3 Å². The monoisotopic (exact) mass is 234 g/mol. The van der Waals surface area contributed by atoms with E-state index in [0.717, 1.165) is 12.3 Å². The SMILES string of the molecule is C#CCCCCN1CCCNC(C)(C2CC2)C1. The van der Waals surface area contributed by atoms with Crippen LogP contribution in [0.5, 0.6) is 0 Å². The molecule has 0 amide bonds. The molecule has 0 spiro atoms. The lowest BCUT2D eigenvalue weighted by molar-refractivity contribution is 0.198. The average Bonchev–Trinajstić information content (AvgIpc) is 3.12. The molecule has 1 saturated heterocycles. The van der Waals surface area contributed by atoms with Gasteiger partial charge in [0.1, 0.15) is 0 Å². The van der Waals surface area contributed by atoms with Gasteiger partial charge in [-0.1, -0.05) is 0 Å². The van der Waals surface area contributed by atoms with Crippen molar-refractivity contribution in [3.63, 3.8) is 0 Å². The second-order valence-corrected chi connectivity index (χ2v) is 5.91. The highest BCUT2D eigenvalue weighted by Crippen LogP contribution is 2.40. The van der Waals surface area contributed by atoms with Crippen molar-refractivity contribution in [1.29, 1.82) is 0 Å². The van der Waals surface area contributed by atoms with Gasteiger partial charge in [0.05, 0.1) is 0 Å². The highest BCUT2D eigenvalue weighted by Gasteiger charge is 2.42. The average molecular weight is 234 g/mol. The molecular formula is C15H26N2. The van der Waals surface area contributed by atoms with Gasteiger partial charge in [0, 0.05) is 18.5 Å². The molecule has 1 N–H and O–H groups in total. The molecule has 17 heavy (non-hydrogen) atoms. The fourth-order valence-electron chi connectivity index (χ4n) is 3.02. The maximum atomic E-state index is 5.29. The van der Waals surface area contributed by atoms with Crippen LogP contribution in [0, 0.1) is 18.3 Å². The minimum atomic E-state index is 0.378.